The van der Waals surface area contributed by atoms with Gasteiger partial charge in [-0.1, -0.05) is 54.1 Å². The molecule has 0 spiro atoms. The summed E-state index contributed by atoms with van der Waals surface area (Å²) in [5, 5.41) is 3.95. The van der Waals surface area contributed by atoms with Gasteiger partial charge in [-0.2, -0.15) is 0 Å². The molecule has 0 saturated carbocycles. The van der Waals surface area contributed by atoms with Crippen molar-refractivity contribution >= 4 is 62.1 Å². The Morgan fingerprint density at radius 2 is 1.94 bits per heavy atom. The van der Waals surface area contributed by atoms with Crippen LogP contribution in [-0.4, -0.2) is 11.1 Å². The SMILES string of the molecule is Cc1ccc(Cl)cc1N=C1NC(=O)/C(=C/c2ccc(OCc3ccccc3)c(Br)c2)S1. The summed E-state index contributed by atoms with van der Waals surface area (Å²) in [4.78, 5) is 17.5. The Balaban J connectivity index is 1.48. The number of nitrogens with zero attached hydrogens (tertiary/aromatic N) is 1. The van der Waals surface area contributed by atoms with Gasteiger partial charge in [-0.3, -0.25) is 4.79 Å². The third kappa shape index (κ3) is 5.58. The highest BCUT2D eigenvalue weighted by atomic mass is 79.9. The Hall–Kier alpha value is -2.54. The number of ether oxygens (including phenoxy) is 1. The summed E-state index contributed by atoms with van der Waals surface area (Å²) >= 11 is 10.9. The summed E-state index contributed by atoms with van der Waals surface area (Å²) in [6, 6.07) is 21.2. The third-order valence-corrected chi connectivity index (χ3v) is 6.30. The predicted molar refractivity (Wildman–Crippen MR) is 132 cm³/mol. The van der Waals surface area contributed by atoms with Crippen molar-refractivity contribution in [2.75, 3.05) is 0 Å². The van der Waals surface area contributed by atoms with E-state index in [4.69, 9.17) is 16.3 Å². The summed E-state index contributed by atoms with van der Waals surface area (Å²) in [6.07, 6.45) is 1.83. The summed E-state index contributed by atoms with van der Waals surface area (Å²) in [5.74, 6) is 0.567. The third-order valence-electron chi connectivity index (χ3n) is 4.53. The molecule has 3 aromatic rings. The molecule has 3 aromatic carbocycles. The van der Waals surface area contributed by atoms with E-state index in [9.17, 15) is 4.79 Å². The zero-order valence-electron chi connectivity index (χ0n) is 16.6. The van der Waals surface area contributed by atoms with Gasteiger partial charge in [-0.05, 0) is 81.6 Å². The van der Waals surface area contributed by atoms with Gasteiger partial charge in [-0.25, -0.2) is 4.99 Å². The van der Waals surface area contributed by atoms with Crippen molar-refractivity contribution < 1.29 is 9.53 Å². The molecule has 0 atom stereocenters. The fourth-order valence-corrected chi connectivity index (χ4v) is 4.42. The minimum atomic E-state index is -0.177. The van der Waals surface area contributed by atoms with Gasteiger partial charge >= 0.3 is 0 Å². The van der Waals surface area contributed by atoms with E-state index in [1.165, 1.54) is 11.8 Å². The Labute approximate surface area is 198 Å². The Kier molecular flexibility index (Phi) is 6.80. The van der Waals surface area contributed by atoms with Crippen LogP contribution in [0.5, 0.6) is 5.75 Å². The smallest absolute Gasteiger partial charge is 0.264 e. The van der Waals surface area contributed by atoms with Crippen LogP contribution in [0.15, 0.2) is 81.1 Å². The second-order valence-corrected chi connectivity index (χ2v) is 9.20. The van der Waals surface area contributed by atoms with Crippen LogP contribution in [0.1, 0.15) is 16.7 Å². The van der Waals surface area contributed by atoms with Gasteiger partial charge in [0.1, 0.15) is 12.4 Å². The minimum Gasteiger partial charge on any atom is -0.488 e. The molecule has 1 aliphatic rings. The van der Waals surface area contributed by atoms with Gasteiger partial charge in [0.05, 0.1) is 15.1 Å². The Bertz CT molecular complexity index is 1200. The average molecular weight is 514 g/mol. The van der Waals surface area contributed by atoms with E-state index < -0.39 is 0 Å². The quantitative estimate of drug-likeness (QED) is 0.378. The van der Waals surface area contributed by atoms with Gasteiger partial charge < -0.3 is 10.1 Å². The van der Waals surface area contributed by atoms with Crippen LogP contribution >= 0.6 is 39.3 Å². The number of carbonyl (C=O) groups is 1. The number of hydrogen-bond donors (Lipinski definition) is 1. The van der Waals surface area contributed by atoms with Crippen molar-refractivity contribution in [2.24, 2.45) is 4.99 Å². The molecule has 1 heterocycles. The molecular weight excluding hydrogens is 496 g/mol. The molecule has 4 nitrogen and oxygen atoms in total. The van der Waals surface area contributed by atoms with E-state index in [2.05, 4.69) is 26.2 Å². The highest BCUT2D eigenvalue weighted by Crippen LogP contribution is 2.32. The van der Waals surface area contributed by atoms with Crippen LogP contribution in [0.4, 0.5) is 5.69 Å². The van der Waals surface area contributed by atoms with E-state index >= 15 is 0 Å². The summed E-state index contributed by atoms with van der Waals surface area (Å²) < 4.78 is 6.71. The number of hydrogen-bond acceptors (Lipinski definition) is 4. The lowest BCUT2D eigenvalue weighted by molar-refractivity contribution is -0.115. The first-order valence-electron chi connectivity index (χ1n) is 9.50. The molecule has 1 fully saturated rings. The fourth-order valence-electron chi connectivity index (χ4n) is 2.90. The molecule has 1 saturated heterocycles. The van der Waals surface area contributed by atoms with E-state index in [0.29, 0.717) is 21.7 Å². The van der Waals surface area contributed by atoms with E-state index in [-0.39, 0.29) is 5.91 Å². The number of halogens is 2. The van der Waals surface area contributed by atoms with Crippen LogP contribution in [0.3, 0.4) is 0 Å². The monoisotopic (exact) mass is 512 g/mol. The average Bonchev–Trinajstić information content (AvgIpc) is 3.09. The van der Waals surface area contributed by atoms with E-state index in [1.54, 1.807) is 6.07 Å². The van der Waals surface area contributed by atoms with Crippen LogP contribution < -0.4 is 10.1 Å². The molecule has 1 amide bonds. The Morgan fingerprint density at radius 1 is 1.13 bits per heavy atom. The molecule has 1 aliphatic heterocycles. The first-order valence-corrected chi connectivity index (χ1v) is 11.5. The number of amidine groups is 1. The van der Waals surface area contributed by atoms with Crippen molar-refractivity contribution in [3.05, 3.63) is 97.8 Å². The zero-order valence-corrected chi connectivity index (χ0v) is 19.7. The maximum Gasteiger partial charge on any atom is 0.264 e. The molecule has 0 aromatic heterocycles. The standard InChI is InChI=1S/C24H18BrClN2O2S/c1-15-7-9-18(26)13-20(15)27-24-28-23(29)22(31-24)12-17-8-10-21(19(25)11-17)30-14-16-5-3-2-4-6-16/h2-13H,14H2,1H3,(H,27,28,29)/b22-12-. The molecule has 7 heteroatoms. The highest BCUT2D eigenvalue weighted by molar-refractivity contribution is 9.10. The van der Waals surface area contributed by atoms with Crippen molar-refractivity contribution in [3.8, 4) is 5.75 Å². The lowest BCUT2D eigenvalue weighted by atomic mass is 10.2. The van der Waals surface area contributed by atoms with Crippen LogP contribution in [0.25, 0.3) is 6.08 Å². The number of carbonyl (C=O) groups excluding carboxylic acids is 1. The second kappa shape index (κ2) is 9.73. The topological polar surface area (TPSA) is 50.7 Å². The number of rotatable bonds is 5. The van der Waals surface area contributed by atoms with Crippen molar-refractivity contribution in [3.63, 3.8) is 0 Å². The molecule has 0 aliphatic carbocycles. The normalized spacial score (nSPS) is 16.0. The van der Waals surface area contributed by atoms with Gasteiger partial charge in [0, 0.05) is 5.02 Å². The highest BCUT2D eigenvalue weighted by Gasteiger charge is 2.24. The largest absolute Gasteiger partial charge is 0.488 e. The molecule has 0 bridgehead atoms. The van der Waals surface area contributed by atoms with Gasteiger partial charge in [0.25, 0.3) is 5.91 Å². The molecule has 1 N–H and O–H groups in total. The molecule has 0 unspecified atom stereocenters. The van der Waals surface area contributed by atoms with Crippen molar-refractivity contribution in [2.45, 2.75) is 13.5 Å². The number of thioether (sulfide) groups is 1. The summed E-state index contributed by atoms with van der Waals surface area (Å²) in [5.41, 5.74) is 3.71. The molecule has 0 radical (unpaired) electrons. The van der Waals surface area contributed by atoms with Crippen molar-refractivity contribution in [1.82, 2.24) is 5.32 Å². The molecular formula is C24H18BrClN2O2S. The lowest BCUT2D eigenvalue weighted by Crippen LogP contribution is -2.19. The van der Waals surface area contributed by atoms with Gasteiger partial charge in [0.15, 0.2) is 5.17 Å². The first-order chi connectivity index (χ1) is 15.0. The van der Waals surface area contributed by atoms with Crippen LogP contribution in [0, 0.1) is 6.92 Å². The summed E-state index contributed by atoms with van der Waals surface area (Å²) in [7, 11) is 0. The van der Waals surface area contributed by atoms with Crippen LogP contribution in [-0.2, 0) is 11.4 Å². The lowest BCUT2D eigenvalue weighted by Gasteiger charge is -2.09. The molecule has 156 valence electrons. The molecule has 4 rings (SSSR count). The maximum atomic E-state index is 12.4. The van der Waals surface area contributed by atoms with Gasteiger partial charge in [-0.15, -0.1) is 0 Å². The van der Waals surface area contributed by atoms with Gasteiger partial charge in [0.2, 0.25) is 0 Å². The first kappa shape index (κ1) is 21.7. The number of amides is 1. The van der Waals surface area contributed by atoms with E-state index in [1.807, 2.05) is 73.7 Å². The fraction of sp³-hybridized carbons (Fsp3) is 0.0833. The number of aliphatic imine (C=N–C) groups is 1. The number of nitrogens with one attached hydrogen (secondary N) is 1. The summed E-state index contributed by atoms with van der Waals surface area (Å²) in [6.45, 7) is 2.44. The zero-order chi connectivity index (χ0) is 21.8. The second-order valence-electron chi connectivity index (χ2n) is 6.88. The van der Waals surface area contributed by atoms with E-state index in [0.717, 1.165) is 32.6 Å². The van der Waals surface area contributed by atoms with Crippen molar-refractivity contribution in [1.29, 1.82) is 0 Å². The number of aryl methyl sites for hydroxylation is 1. The molecule has 31 heavy (non-hydrogen) atoms. The van der Waals surface area contributed by atoms with Crippen LogP contribution in [0.2, 0.25) is 5.02 Å². The minimum absolute atomic E-state index is 0.177. The Morgan fingerprint density at radius 3 is 2.71 bits per heavy atom. The number of benzene rings is 3. The maximum absolute atomic E-state index is 12.4. The predicted octanol–water partition coefficient (Wildman–Crippen LogP) is 6.88.